The number of piperidine rings is 1. The number of nitrogens with zero attached hydrogens (tertiary/aromatic N) is 1. The first-order valence-electron chi connectivity index (χ1n) is 6.88. The van der Waals surface area contributed by atoms with Gasteiger partial charge in [0.05, 0.1) is 4.47 Å². The summed E-state index contributed by atoms with van der Waals surface area (Å²) in [6.45, 7) is 4.38. The summed E-state index contributed by atoms with van der Waals surface area (Å²) < 4.78 is 13.8. The van der Waals surface area contributed by atoms with Crippen molar-refractivity contribution in [3.63, 3.8) is 0 Å². The second kappa shape index (κ2) is 6.67. The lowest BCUT2D eigenvalue weighted by Gasteiger charge is -2.35. The summed E-state index contributed by atoms with van der Waals surface area (Å²) in [5, 5.41) is 0. The van der Waals surface area contributed by atoms with Crippen LogP contribution in [0.4, 0.5) is 4.39 Å². The van der Waals surface area contributed by atoms with E-state index in [1.807, 2.05) is 12.1 Å². The number of hydrogen-bond acceptors (Lipinski definition) is 1. The quantitative estimate of drug-likeness (QED) is 0.776. The molecule has 0 aromatic heterocycles. The van der Waals surface area contributed by atoms with Crippen LogP contribution in [0.3, 0.4) is 0 Å². The minimum atomic E-state index is -0.178. The highest BCUT2D eigenvalue weighted by atomic mass is 79.9. The second-order valence-electron chi connectivity index (χ2n) is 5.16. The normalized spacial score (nSPS) is 21.2. The minimum absolute atomic E-state index is 0.178. The second-order valence-corrected chi connectivity index (χ2v) is 6.01. The topological polar surface area (TPSA) is 3.24 Å². The number of halogens is 2. The van der Waals surface area contributed by atoms with Gasteiger partial charge in [0.15, 0.2) is 0 Å². The molecule has 1 aromatic carbocycles. The third-order valence-corrected chi connectivity index (χ3v) is 4.35. The smallest absolute Gasteiger partial charge is 0.137 e. The summed E-state index contributed by atoms with van der Waals surface area (Å²) >= 11 is 3.26. The molecule has 100 valence electrons. The van der Waals surface area contributed by atoms with Gasteiger partial charge in [-0.05, 0) is 59.4 Å². The molecule has 0 amide bonds. The Morgan fingerprint density at radius 2 is 2.22 bits per heavy atom. The predicted octanol–water partition coefficient (Wildman–Crippen LogP) is 4.74. The van der Waals surface area contributed by atoms with E-state index in [0.717, 1.165) is 6.54 Å². The van der Waals surface area contributed by atoms with Gasteiger partial charge in [-0.25, -0.2) is 4.39 Å². The lowest BCUT2D eigenvalue weighted by atomic mass is 9.97. The molecule has 0 spiro atoms. The Bertz CT molecular complexity index is 392. The molecule has 1 aliphatic heterocycles. The Morgan fingerprint density at radius 1 is 1.39 bits per heavy atom. The standard InChI is InChI=1S/C15H21BrFN/c1-2-5-13-6-3-4-9-18(13)11-12-7-8-15(17)14(16)10-12/h7-8,10,13H,2-6,9,11H2,1H3. The van der Waals surface area contributed by atoms with E-state index in [2.05, 4.69) is 27.8 Å². The molecule has 0 bridgehead atoms. The highest BCUT2D eigenvalue weighted by molar-refractivity contribution is 9.10. The van der Waals surface area contributed by atoms with Crippen LogP contribution in [-0.2, 0) is 6.54 Å². The third-order valence-electron chi connectivity index (χ3n) is 3.74. The Labute approximate surface area is 118 Å². The van der Waals surface area contributed by atoms with E-state index in [0.29, 0.717) is 10.5 Å². The molecule has 1 fully saturated rings. The van der Waals surface area contributed by atoms with Crippen LogP contribution in [0, 0.1) is 5.82 Å². The van der Waals surface area contributed by atoms with Gasteiger partial charge in [0.1, 0.15) is 5.82 Å². The van der Waals surface area contributed by atoms with E-state index >= 15 is 0 Å². The maximum atomic E-state index is 13.2. The van der Waals surface area contributed by atoms with Crippen molar-refractivity contribution in [2.45, 2.75) is 51.6 Å². The Balaban J connectivity index is 2.03. The highest BCUT2D eigenvalue weighted by Crippen LogP contribution is 2.24. The van der Waals surface area contributed by atoms with Gasteiger partial charge in [-0.3, -0.25) is 4.90 Å². The van der Waals surface area contributed by atoms with Crippen molar-refractivity contribution < 1.29 is 4.39 Å². The summed E-state index contributed by atoms with van der Waals surface area (Å²) in [7, 11) is 0. The predicted molar refractivity (Wildman–Crippen MR) is 77.1 cm³/mol. The molecule has 1 unspecified atom stereocenters. The Hall–Kier alpha value is -0.410. The van der Waals surface area contributed by atoms with Gasteiger partial charge in [-0.2, -0.15) is 0 Å². The zero-order valence-corrected chi connectivity index (χ0v) is 12.5. The molecule has 2 rings (SSSR count). The van der Waals surface area contributed by atoms with Crippen molar-refractivity contribution in [3.8, 4) is 0 Å². The van der Waals surface area contributed by atoms with Crippen LogP contribution >= 0.6 is 15.9 Å². The molecular formula is C15H21BrFN. The van der Waals surface area contributed by atoms with Crippen molar-refractivity contribution in [3.05, 3.63) is 34.1 Å². The van der Waals surface area contributed by atoms with E-state index in [9.17, 15) is 4.39 Å². The fourth-order valence-corrected chi connectivity index (χ4v) is 3.23. The molecule has 0 radical (unpaired) electrons. The number of rotatable bonds is 4. The molecule has 0 aliphatic carbocycles. The molecule has 1 aliphatic rings. The van der Waals surface area contributed by atoms with Crippen LogP contribution in [0.25, 0.3) is 0 Å². The molecule has 1 saturated heterocycles. The van der Waals surface area contributed by atoms with Gasteiger partial charge in [-0.1, -0.05) is 25.8 Å². The highest BCUT2D eigenvalue weighted by Gasteiger charge is 2.21. The molecule has 1 atom stereocenters. The first-order chi connectivity index (χ1) is 8.70. The van der Waals surface area contributed by atoms with Crippen molar-refractivity contribution in [2.24, 2.45) is 0 Å². The lowest BCUT2D eigenvalue weighted by molar-refractivity contribution is 0.131. The van der Waals surface area contributed by atoms with Crippen LogP contribution in [0.1, 0.15) is 44.6 Å². The lowest BCUT2D eigenvalue weighted by Crippen LogP contribution is -2.38. The van der Waals surface area contributed by atoms with E-state index in [1.54, 1.807) is 6.07 Å². The summed E-state index contributed by atoms with van der Waals surface area (Å²) in [6, 6.07) is 6.08. The summed E-state index contributed by atoms with van der Waals surface area (Å²) in [4.78, 5) is 2.56. The van der Waals surface area contributed by atoms with Gasteiger partial charge in [0.25, 0.3) is 0 Å². The Kier molecular flexibility index (Phi) is 5.19. The Morgan fingerprint density at radius 3 is 2.94 bits per heavy atom. The summed E-state index contributed by atoms with van der Waals surface area (Å²) in [5.41, 5.74) is 1.20. The molecule has 1 aromatic rings. The third kappa shape index (κ3) is 3.55. The van der Waals surface area contributed by atoms with Crippen molar-refractivity contribution in [1.29, 1.82) is 0 Å². The fraction of sp³-hybridized carbons (Fsp3) is 0.600. The van der Waals surface area contributed by atoms with Crippen LogP contribution in [0.15, 0.2) is 22.7 Å². The van der Waals surface area contributed by atoms with Gasteiger partial charge < -0.3 is 0 Å². The first kappa shape index (κ1) is 14.0. The minimum Gasteiger partial charge on any atom is -0.296 e. The van der Waals surface area contributed by atoms with Gasteiger partial charge in [-0.15, -0.1) is 0 Å². The van der Waals surface area contributed by atoms with Crippen molar-refractivity contribution in [2.75, 3.05) is 6.54 Å². The van der Waals surface area contributed by atoms with Gasteiger partial charge in [0, 0.05) is 12.6 Å². The SMILES string of the molecule is CCCC1CCCCN1Cc1ccc(F)c(Br)c1. The fourth-order valence-electron chi connectivity index (χ4n) is 2.80. The van der Waals surface area contributed by atoms with Crippen LogP contribution in [0.5, 0.6) is 0 Å². The van der Waals surface area contributed by atoms with Crippen LogP contribution in [0.2, 0.25) is 0 Å². The maximum absolute atomic E-state index is 13.2. The van der Waals surface area contributed by atoms with Crippen LogP contribution in [-0.4, -0.2) is 17.5 Å². The summed E-state index contributed by atoms with van der Waals surface area (Å²) in [5.74, 6) is -0.178. The first-order valence-corrected chi connectivity index (χ1v) is 7.68. The number of benzene rings is 1. The van der Waals surface area contributed by atoms with Crippen molar-refractivity contribution >= 4 is 15.9 Å². The summed E-state index contributed by atoms with van der Waals surface area (Å²) in [6.07, 6.45) is 6.49. The van der Waals surface area contributed by atoms with E-state index in [1.165, 1.54) is 44.2 Å². The van der Waals surface area contributed by atoms with Gasteiger partial charge >= 0.3 is 0 Å². The zero-order chi connectivity index (χ0) is 13.0. The van der Waals surface area contributed by atoms with E-state index in [4.69, 9.17) is 0 Å². The molecule has 18 heavy (non-hydrogen) atoms. The van der Waals surface area contributed by atoms with Crippen LogP contribution < -0.4 is 0 Å². The molecule has 0 N–H and O–H groups in total. The molecule has 0 saturated carbocycles. The average Bonchev–Trinajstić information content (AvgIpc) is 2.37. The monoisotopic (exact) mass is 313 g/mol. The maximum Gasteiger partial charge on any atom is 0.137 e. The zero-order valence-electron chi connectivity index (χ0n) is 11.0. The van der Waals surface area contributed by atoms with E-state index in [-0.39, 0.29) is 5.82 Å². The molecule has 1 nitrogen and oxygen atoms in total. The largest absolute Gasteiger partial charge is 0.296 e. The van der Waals surface area contributed by atoms with E-state index < -0.39 is 0 Å². The number of hydrogen-bond donors (Lipinski definition) is 0. The molecule has 1 heterocycles. The molecule has 3 heteroatoms. The average molecular weight is 314 g/mol. The van der Waals surface area contributed by atoms with Crippen molar-refractivity contribution in [1.82, 2.24) is 4.90 Å². The van der Waals surface area contributed by atoms with Gasteiger partial charge in [0.2, 0.25) is 0 Å². The number of likely N-dealkylation sites (tertiary alicyclic amines) is 1. The molecular weight excluding hydrogens is 293 g/mol.